The molecule has 1 rings (SSSR count). The first-order chi connectivity index (χ1) is 10.6. The van der Waals surface area contributed by atoms with Gasteiger partial charge in [0.15, 0.2) is 0 Å². The third-order valence-corrected chi connectivity index (χ3v) is 11.1. The zero-order valence-electron chi connectivity index (χ0n) is 15.1. The number of hydrogen-bond donors (Lipinski definition) is 1. The third-order valence-electron chi connectivity index (χ3n) is 4.85. The van der Waals surface area contributed by atoms with Gasteiger partial charge in [0.05, 0.1) is 11.1 Å². The Hall–Kier alpha value is -1.60. The molecule has 0 saturated heterocycles. The van der Waals surface area contributed by atoms with Crippen molar-refractivity contribution in [2.75, 3.05) is 0 Å². The normalized spacial score (nSPS) is 11.8. The van der Waals surface area contributed by atoms with Crippen LogP contribution in [0, 0.1) is 24.2 Å². The molecule has 0 saturated carbocycles. The lowest BCUT2D eigenvalue weighted by atomic mass is 10.0. The Balaban J connectivity index is 3.62. The molecule has 2 nitrogen and oxygen atoms in total. The van der Waals surface area contributed by atoms with Crippen LogP contribution in [0.5, 0.6) is 0 Å². The van der Waals surface area contributed by atoms with Crippen molar-refractivity contribution in [1.82, 2.24) is 0 Å². The molecule has 1 aromatic rings. The molecule has 23 heavy (non-hydrogen) atoms. The average Bonchev–Trinajstić information content (AvgIpc) is 2.41. The Bertz CT molecular complexity index is 630. The van der Waals surface area contributed by atoms with E-state index in [0.29, 0.717) is 22.2 Å². The van der Waals surface area contributed by atoms with E-state index >= 15 is 0 Å². The lowest BCUT2D eigenvalue weighted by molar-refractivity contribution is 0.0695. The molecule has 1 N–H and O–H groups in total. The predicted octanol–water partition coefficient (Wildman–Crippen LogP) is 5.40. The van der Waals surface area contributed by atoms with Gasteiger partial charge in [-0.25, -0.2) is 9.18 Å². The number of halogens is 1. The summed E-state index contributed by atoms with van der Waals surface area (Å²) in [4.78, 5) is 11.5. The number of benzene rings is 1. The monoisotopic (exact) mass is 334 g/mol. The minimum absolute atomic E-state index is 0.0170. The van der Waals surface area contributed by atoms with Crippen LogP contribution in [0.15, 0.2) is 12.1 Å². The van der Waals surface area contributed by atoms with Crippen molar-refractivity contribution in [2.45, 2.75) is 65.1 Å². The van der Waals surface area contributed by atoms with E-state index in [1.165, 1.54) is 12.1 Å². The molecule has 0 unspecified atom stereocenters. The van der Waals surface area contributed by atoms with Crippen LogP contribution in [0.25, 0.3) is 0 Å². The molecule has 126 valence electrons. The zero-order chi connectivity index (χ0) is 17.9. The Morgan fingerprint density at radius 2 is 1.57 bits per heavy atom. The van der Waals surface area contributed by atoms with Gasteiger partial charge in [-0.3, -0.25) is 0 Å². The molecule has 0 fully saturated rings. The summed E-state index contributed by atoms with van der Waals surface area (Å²) in [5.74, 6) is 1.26. The van der Waals surface area contributed by atoms with Gasteiger partial charge in [0.2, 0.25) is 0 Å². The number of carboxylic acid groups (broad SMARTS) is 1. The van der Waals surface area contributed by atoms with E-state index in [0.717, 1.165) is 0 Å². The number of rotatable bonds is 4. The SMILES string of the molecule is Cc1ccc(F)c(C#C[Si](C(C)C)(C(C)C)C(C)C)c1C(=O)O. The second kappa shape index (κ2) is 7.31. The Kier molecular flexibility index (Phi) is 6.18. The molecule has 0 aliphatic rings. The van der Waals surface area contributed by atoms with E-state index in [1.807, 2.05) is 0 Å². The first-order valence-electron chi connectivity index (χ1n) is 8.11. The van der Waals surface area contributed by atoms with Crippen molar-refractivity contribution < 1.29 is 14.3 Å². The van der Waals surface area contributed by atoms with Gasteiger partial charge in [0.1, 0.15) is 13.9 Å². The molecule has 4 heteroatoms. The molecule has 0 heterocycles. The van der Waals surface area contributed by atoms with Crippen molar-refractivity contribution >= 4 is 14.0 Å². The minimum Gasteiger partial charge on any atom is -0.478 e. The van der Waals surface area contributed by atoms with Crippen molar-refractivity contribution in [3.8, 4) is 11.5 Å². The number of aryl methyl sites for hydroxylation is 1. The predicted molar refractivity (Wildman–Crippen MR) is 96.0 cm³/mol. The lowest BCUT2D eigenvalue weighted by Gasteiger charge is -2.38. The Morgan fingerprint density at radius 1 is 1.09 bits per heavy atom. The van der Waals surface area contributed by atoms with Gasteiger partial charge in [-0.05, 0) is 35.2 Å². The molecule has 0 radical (unpaired) electrons. The van der Waals surface area contributed by atoms with Gasteiger partial charge in [-0.2, -0.15) is 0 Å². The highest BCUT2D eigenvalue weighted by molar-refractivity contribution is 6.90. The molecule has 0 aliphatic heterocycles. The van der Waals surface area contributed by atoms with E-state index in [4.69, 9.17) is 0 Å². The van der Waals surface area contributed by atoms with Crippen molar-refractivity contribution in [2.24, 2.45) is 0 Å². The summed E-state index contributed by atoms with van der Waals surface area (Å²) < 4.78 is 14.2. The van der Waals surface area contributed by atoms with E-state index in [-0.39, 0.29) is 11.1 Å². The van der Waals surface area contributed by atoms with Crippen LogP contribution in [-0.2, 0) is 0 Å². The molecule has 1 aromatic carbocycles. The summed E-state index contributed by atoms with van der Waals surface area (Å²) in [6.07, 6.45) is 0. The summed E-state index contributed by atoms with van der Waals surface area (Å²) in [6, 6.07) is 2.79. The highest BCUT2D eigenvalue weighted by atomic mass is 28.3. The van der Waals surface area contributed by atoms with E-state index < -0.39 is 19.9 Å². The van der Waals surface area contributed by atoms with E-state index in [1.54, 1.807) is 6.92 Å². The first kappa shape index (κ1) is 19.4. The second-order valence-corrected chi connectivity index (χ2v) is 12.6. The number of hydrogen-bond acceptors (Lipinski definition) is 1. The van der Waals surface area contributed by atoms with Crippen LogP contribution >= 0.6 is 0 Å². The van der Waals surface area contributed by atoms with Crippen LogP contribution in [0.1, 0.15) is 63.0 Å². The quantitative estimate of drug-likeness (QED) is 0.591. The summed E-state index contributed by atoms with van der Waals surface area (Å²) in [7, 11) is -2.03. The molecular formula is C19H27FO2Si. The van der Waals surface area contributed by atoms with Gasteiger partial charge in [-0.15, -0.1) is 5.54 Å². The molecule has 0 aliphatic carbocycles. The van der Waals surface area contributed by atoms with Crippen molar-refractivity contribution in [1.29, 1.82) is 0 Å². The fourth-order valence-corrected chi connectivity index (χ4v) is 8.89. The number of carbonyl (C=O) groups is 1. The van der Waals surface area contributed by atoms with Gasteiger partial charge in [0, 0.05) is 0 Å². The third kappa shape index (κ3) is 3.67. The Labute approximate surface area is 140 Å². The maximum absolute atomic E-state index is 14.2. The van der Waals surface area contributed by atoms with Gasteiger partial charge in [-0.1, -0.05) is 53.5 Å². The highest BCUT2D eigenvalue weighted by Crippen LogP contribution is 2.40. The Morgan fingerprint density at radius 3 is 1.96 bits per heavy atom. The lowest BCUT2D eigenvalue weighted by Crippen LogP contribution is -2.43. The van der Waals surface area contributed by atoms with Crippen LogP contribution in [0.3, 0.4) is 0 Å². The van der Waals surface area contributed by atoms with Crippen LogP contribution < -0.4 is 0 Å². The number of aromatic carboxylic acids is 1. The molecular weight excluding hydrogens is 307 g/mol. The van der Waals surface area contributed by atoms with Crippen LogP contribution in [0.4, 0.5) is 4.39 Å². The van der Waals surface area contributed by atoms with Crippen molar-refractivity contribution in [3.63, 3.8) is 0 Å². The standard InChI is InChI=1S/C19H27FO2Si/c1-12(2)23(13(3)4,14(5)6)11-10-16-17(20)9-8-15(7)18(16)19(21)22/h8-9,12-14H,1-7H3,(H,21,22). The smallest absolute Gasteiger partial charge is 0.337 e. The van der Waals surface area contributed by atoms with Gasteiger partial charge >= 0.3 is 5.97 Å². The molecule has 0 spiro atoms. The van der Waals surface area contributed by atoms with Gasteiger partial charge < -0.3 is 5.11 Å². The second-order valence-electron chi connectivity index (χ2n) is 7.07. The molecule has 0 atom stereocenters. The molecule has 0 aromatic heterocycles. The van der Waals surface area contributed by atoms with Crippen LogP contribution in [0.2, 0.25) is 16.6 Å². The first-order valence-corrected chi connectivity index (χ1v) is 10.3. The highest BCUT2D eigenvalue weighted by Gasteiger charge is 2.41. The fourth-order valence-electron chi connectivity index (χ4n) is 3.68. The van der Waals surface area contributed by atoms with Crippen LogP contribution in [-0.4, -0.2) is 19.1 Å². The molecule has 0 bridgehead atoms. The molecule has 0 amide bonds. The summed E-state index contributed by atoms with van der Waals surface area (Å²) in [5, 5.41) is 9.40. The fraction of sp³-hybridized carbons (Fsp3) is 0.526. The minimum atomic E-state index is -2.03. The van der Waals surface area contributed by atoms with E-state index in [9.17, 15) is 14.3 Å². The van der Waals surface area contributed by atoms with Crippen molar-refractivity contribution in [3.05, 3.63) is 34.6 Å². The maximum Gasteiger partial charge on any atom is 0.337 e. The maximum atomic E-state index is 14.2. The summed E-state index contributed by atoms with van der Waals surface area (Å²) in [5.41, 5.74) is 5.18. The summed E-state index contributed by atoms with van der Waals surface area (Å²) >= 11 is 0. The number of carboxylic acids is 1. The largest absolute Gasteiger partial charge is 0.478 e. The van der Waals surface area contributed by atoms with E-state index in [2.05, 4.69) is 53.0 Å². The summed E-state index contributed by atoms with van der Waals surface area (Å²) in [6.45, 7) is 14.7. The van der Waals surface area contributed by atoms with Gasteiger partial charge in [0.25, 0.3) is 0 Å². The zero-order valence-corrected chi connectivity index (χ0v) is 16.1. The topological polar surface area (TPSA) is 37.3 Å². The average molecular weight is 335 g/mol.